The number of allylic oxidation sites excluding steroid dienone is 3. The lowest BCUT2D eigenvalue weighted by molar-refractivity contribution is 0.804. The fraction of sp³-hybridized carbons (Fsp3) is 0.174. The van der Waals surface area contributed by atoms with Crippen LogP contribution in [0, 0.1) is 0 Å². The number of nitrogen functional groups attached to an aromatic ring is 1. The minimum Gasteiger partial charge on any atom is -0.384 e. The minimum atomic E-state index is 0.429. The quantitative estimate of drug-likeness (QED) is 0.184. The van der Waals surface area contributed by atoms with Crippen LogP contribution in [0.15, 0.2) is 64.1 Å². The van der Waals surface area contributed by atoms with Gasteiger partial charge in [0, 0.05) is 43.1 Å². The fourth-order valence-electron chi connectivity index (χ4n) is 2.99. The molecular weight excluding hydrogens is 473 g/mol. The molecule has 0 aliphatic heterocycles. The highest BCUT2D eigenvalue weighted by molar-refractivity contribution is 6.36. The van der Waals surface area contributed by atoms with Crippen LogP contribution in [-0.2, 0) is 0 Å². The third kappa shape index (κ3) is 6.66. The molecule has 0 aliphatic carbocycles. The number of rotatable bonds is 10. The maximum absolute atomic E-state index is 6.46. The normalized spacial score (nSPS) is 12.2. The Hall–Kier alpha value is -3.69. The van der Waals surface area contributed by atoms with Crippen LogP contribution in [-0.4, -0.2) is 53.0 Å². The molecule has 1 aromatic carbocycles. The van der Waals surface area contributed by atoms with Crippen LogP contribution in [0.25, 0.3) is 22.6 Å². The van der Waals surface area contributed by atoms with E-state index in [4.69, 9.17) is 28.9 Å². The molecule has 3 rings (SSSR count). The molecule has 0 unspecified atom stereocenters. The van der Waals surface area contributed by atoms with E-state index in [0.717, 1.165) is 5.57 Å². The van der Waals surface area contributed by atoms with Crippen LogP contribution in [0.3, 0.4) is 0 Å². The van der Waals surface area contributed by atoms with Gasteiger partial charge in [-0.25, -0.2) is 19.9 Å². The van der Waals surface area contributed by atoms with Crippen LogP contribution < -0.4 is 16.4 Å². The van der Waals surface area contributed by atoms with E-state index >= 15 is 0 Å². The third-order valence-corrected chi connectivity index (χ3v) is 5.09. The summed E-state index contributed by atoms with van der Waals surface area (Å²) in [5.41, 5.74) is 8.75. The van der Waals surface area contributed by atoms with Crippen LogP contribution in [0.2, 0.25) is 10.0 Å². The van der Waals surface area contributed by atoms with E-state index in [-0.39, 0.29) is 0 Å². The lowest BCUT2D eigenvalue weighted by Crippen LogP contribution is -2.21. The topological polar surface area (TPSA) is 129 Å². The molecule has 11 heteroatoms. The van der Waals surface area contributed by atoms with E-state index < -0.39 is 0 Å². The summed E-state index contributed by atoms with van der Waals surface area (Å²) in [7, 11) is 1.72. The number of aliphatic imine (C=N–C) groups is 2. The Morgan fingerprint density at radius 2 is 2.00 bits per heavy atom. The van der Waals surface area contributed by atoms with E-state index in [2.05, 4.69) is 47.3 Å². The summed E-state index contributed by atoms with van der Waals surface area (Å²) in [6.07, 6.45) is 8.71. The summed E-state index contributed by atoms with van der Waals surface area (Å²) in [5, 5.41) is 7.39. The predicted molar refractivity (Wildman–Crippen MR) is 142 cm³/mol. The minimum absolute atomic E-state index is 0.429. The third-order valence-electron chi connectivity index (χ3n) is 4.55. The Morgan fingerprint density at radius 1 is 1.18 bits per heavy atom. The smallest absolute Gasteiger partial charge is 0.223 e. The standard InChI is InChI=1S/C23H25Cl2N9/c1-14(11-27-2)4-7-20(28-3)29-8-9-30-23-32-12-17(22-31-13-19(26)33-22)21(34-23)16-6-5-15(24)10-18(16)25/h4-7,10-13,29H,3,8-9,26H2,1-2H3,(H,31,33)(H,30,32,34)/b14-4+,20-7+,27-11?. The number of nitrogens with zero attached hydrogens (tertiary/aromatic N) is 5. The second-order valence-electron chi connectivity index (χ2n) is 7.13. The molecule has 34 heavy (non-hydrogen) atoms. The van der Waals surface area contributed by atoms with Crippen molar-refractivity contribution in [2.75, 3.05) is 31.2 Å². The first kappa shape index (κ1) is 24.9. The van der Waals surface area contributed by atoms with Crippen molar-refractivity contribution in [3.8, 4) is 22.6 Å². The van der Waals surface area contributed by atoms with E-state index in [1.54, 1.807) is 37.7 Å². The molecule has 5 N–H and O–H groups in total. The lowest BCUT2D eigenvalue weighted by atomic mass is 10.1. The van der Waals surface area contributed by atoms with Gasteiger partial charge in [0.2, 0.25) is 5.95 Å². The van der Waals surface area contributed by atoms with Gasteiger partial charge in [-0.3, -0.25) is 4.99 Å². The molecule has 0 saturated carbocycles. The Bertz CT molecular complexity index is 1240. The molecule has 3 aromatic rings. The van der Waals surface area contributed by atoms with Crippen molar-refractivity contribution in [2.45, 2.75) is 6.92 Å². The molecule has 0 saturated heterocycles. The molecule has 0 spiro atoms. The number of aromatic nitrogens is 4. The van der Waals surface area contributed by atoms with E-state index in [1.807, 2.05) is 19.1 Å². The van der Waals surface area contributed by atoms with Crippen molar-refractivity contribution in [1.82, 2.24) is 25.3 Å². The van der Waals surface area contributed by atoms with Crippen LogP contribution in [0.5, 0.6) is 0 Å². The number of aromatic amines is 1. The number of hydrogen-bond donors (Lipinski definition) is 4. The van der Waals surface area contributed by atoms with Gasteiger partial charge < -0.3 is 21.4 Å². The van der Waals surface area contributed by atoms with Gasteiger partial charge in [-0.2, -0.15) is 0 Å². The summed E-state index contributed by atoms with van der Waals surface area (Å²) >= 11 is 12.5. The average molecular weight is 498 g/mol. The highest BCUT2D eigenvalue weighted by atomic mass is 35.5. The molecule has 0 radical (unpaired) electrons. The molecule has 0 amide bonds. The fourth-order valence-corrected chi connectivity index (χ4v) is 3.49. The molecule has 2 heterocycles. The number of benzene rings is 1. The summed E-state index contributed by atoms with van der Waals surface area (Å²) in [4.78, 5) is 24.4. The average Bonchev–Trinajstić information content (AvgIpc) is 3.24. The number of imidazole rings is 1. The van der Waals surface area contributed by atoms with Gasteiger partial charge in [0.1, 0.15) is 17.5 Å². The molecular formula is C23H25Cl2N9. The molecule has 9 nitrogen and oxygen atoms in total. The monoisotopic (exact) mass is 497 g/mol. The zero-order chi connectivity index (χ0) is 24.5. The van der Waals surface area contributed by atoms with E-state index in [9.17, 15) is 0 Å². The predicted octanol–water partition coefficient (Wildman–Crippen LogP) is 4.61. The number of anilines is 2. The van der Waals surface area contributed by atoms with Gasteiger partial charge in [-0.15, -0.1) is 0 Å². The van der Waals surface area contributed by atoms with E-state index in [0.29, 0.717) is 63.4 Å². The maximum atomic E-state index is 6.46. The van der Waals surface area contributed by atoms with Gasteiger partial charge in [-0.05, 0) is 43.5 Å². The first-order chi connectivity index (χ1) is 16.4. The number of hydrogen-bond acceptors (Lipinski definition) is 8. The zero-order valence-corrected chi connectivity index (χ0v) is 20.3. The molecule has 0 atom stereocenters. The van der Waals surface area contributed by atoms with Gasteiger partial charge in [0.25, 0.3) is 0 Å². The number of nitrogens with two attached hydrogens (primary N) is 1. The van der Waals surface area contributed by atoms with Gasteiger partial charge in [0.15, 0.2) is 0 Å². The summed E-state index contributed by atoms with van der Waals surface area (Å²) in [6.45, 7) is 6.65. The lowest BCUT2D eigenvalue weighted by Gasteiger charge is -2.12. The first-order valence-corrected chi connectivity index (χ1v) is 11.1. The highest BCUT2D eigenvalue weighted by Gasteiger charge is 2.16. The Kier molecular flexibility index (Phi) is 8.78. The van der Waals surface area contributed by atoms with Crippen molar-refractivity contribution >= 4 is 47.9 Å². The van der Waals surface area contributed by atoms with Gasteiger partial charge in [0.05, 0.1) is 22.5 Å². The maximum Gasteiger partial charge on any atom is 0.223 e. The van der Waals surface area contributed by atoms with Gasteiger partial charge in [-0.1, -0.05) is 29.3 Å². The number of H-pyrrole nitrogens is 1. The zero-order valence-electron chi connectivity index (χ0n) is 18.8. The van der Waals surface area contributed by atoms with Crippen molar-refractivity contribution in [3.05, 3.63) is 64.2 Å². The molecule has 0 aliphatic rings. The Morgan fingerprint density at radius 3 is 2.68 bits per heavy atom. The van der Waals surface area contributed by atoms with Crippen molar-refractivity contribution in [1.29, 1.82) is 0 Å². The van der Waals surface area contributed by atoms with Crippen LogP contribution >= 0.6 is 23.2 Å². The number of nitrogens with one attached hydrogen (secondary N) is 3. The first-order valence-electron chi connectivity index (χ1n) is 10.3. The largest absolute Gasteiger partial charge is 0.384 e. The van der Waals surface area contributed by atoms with Gasteiger partial charge >= 0.3 is 0 Å². The van der Waals surface area contributed by atoms with Crippen molar-refractivity contribution in [2.24, 2.45) is 9.98 Å². The number of halogens is 2. The Labute approximate surface area is 208 Å². The molecule has 0 fully saturated rings. The second-order valence-corrected chi connectivity index (χ2v) is 7.97. The van der Waals surface area contributed by atoms with Crippen LogP contribution in [0.1, 0.15) is 6.92 Å². The Balaban J connectivity index is 1.77. The SMILES string of the molecule is C=N/C(=C\C=C(/C)C=NC)NCCNc1ncc(-c2ncc(N)[nH]2)c(-c2ccc(Cl)cc2Cl)n1. The molecule has 0 bridgehead atoms. The van der Waals surface area contributed by atoms with Crippen LogP contribution in [0.4, 0.5) is 11.8 Å². The van der Waals surface area contributed by atoms with Crippen molar-refractivity contribution < 1.29 is 0 Å². The van der Waals surface area contributed by atoms with E-state index in [1.165, 1.54) is 6.20 Å². The molecule has 176 valence electrons. The summed E-state index contributed by atoms with van der Waals surface area (Å²) in [5.74, 6) is 2.04. The second kappa shape index (κ2) is 12.0. The molecule has 2 aromatic heterocycles. The summed E-state index contributed by atoms with van der Waals surface area (Å²) in [6, 6.07) is 5.22. The van der Waals surface area contributed by atoms with Crippen molar-refractivity contribution in [3.63, 3.8) is 0 Å². The highest BCUT2D eigenvalue weighted by Crippen LogP contribution is 2.35. The summed E-state index contributed by atoms with van der Waals surface area (Å²) < 4.78 is 0.